The van der Waals surface area contributed by atoms with Crippen LogP contribution in [0.15, 0.2) is 18.2 Å². The Morgan fingerprint density at radius 1 is 1.28 bits per heavy atom. The maximum atomic E-state index is 11.8. The molecule has 1 aromatic rings. The number of carbonyl (C=O) groups excluding carboxylic acids is 1. The lowest BCUT2D eigenvalue weighted by atomic mass is 9.90. The summed E-state index contributed by atoms with van der Waals surface area (Å²) in [4.78, 5) is 11.8. The smallest absolute Gasteiger partial charge is 0.163 e. The van der Waals surface area contributed by atoms with E-state index in [1.54, 1.807) is 0 Å². The highest BCUT2D eigenvalue weighted by Crippen LogP contribution is 2.29. The monoisotopic (exact) mass is 246 g/mol. The highest BCUT2D eigenvalue weighted by Gasteiger charge is 2.19. The molecular weight excluding hydrogens is 224 g/mol. The van der Waals surface area contributed by atoms with Crippen molar-refractivity contribution in [3.63, 3.8) is 0 Å². The molecule has 98 valence electrons. The number of ketones is 1. The molecule has 0 radical (unpaired) electrons. The minimum atomic E-state index is 0.267. The lowest BCUT2D eigenvalue weighted by molar-refractivity contribution is 0.0971. The van der Waals surface area contributed by atoms with E-state index in [1.807, 2.05) is 18.2 Å². The van der Waals surface area contributed by atoms with Gasteiger partial charge in [0.1, 0.15) is 5.75 Å². The summed E-state index contributed by atoms with van der Waals surface area (Å²) in [5.74, 6) is 1.91. The number of ether oxygens (including phenoxy) is 1. The predicted octanol–water partition coefficient (Wildman–Crippen LogP) is 4.02. The molecule has 2 rings (SSSR count). The minimum Gasteiger partial charge on any atom is -0.493 e. The largest absolute Gasteiger partial charge is 0.493 e. The Kier molecular flexibility index (Phi) is 4.40. The van der Waals surface area contributed by atoms with Crippen LogP contribution in [0.5, 0.6) is 5.75 Å². The van der Waals surface area contributed by atoms with Gasteiger partial charge in [0.2, 0.25) is 0 Å². The first kappa shape index (κ1) is 13.1. The van der Waals surface area contributed by atoms with Crippen molar-refractivity contribution in [2.24, 2.45) is 5.92 Å². The molecule has 2 heteroatoms. The van der Waals surface area contributed by atoms with Gasteiger partial charge in [-0.2, -0.15) is 0 Å². The Bertz CT molecular complexity index is 421. The number of fused-ring (bicyclic) bond motifs is 1. The molecule has 0 bridgehead atoms. The van der Waals surface area contributed by atoms with Crippen molar-refractivity contribution in [2.45, 2.75) is 46.0 Å². The van der Waals surface area contributed by atoms with E-state index in [1.165, 1.54) is 6.42 Å². The summed E-state index contributed by atoms with van der Waals surface area (Å²) < 4.78 is 5.85. The van der Waals surface area contributed by atoms with E-state index in [0.717, 1.165) is 48.7 Å². The van der Waals surface area contributed by atoms with Gasteiger partial charge in [0.15, 0.2) is 5.78 Å². The Hall–Kier alpha value is -1.31. The summed E-state index contributed by atoms with van der Waals surface area (Å²) in [6.45, 7) is 5.20. The van der Waals surface area contributed by atoms with Crippen LogP contribution in [-0.2, 0) is 6.42 Å². The summed E-state index contributed by atoms with van der Waals surface area (Å²) in [5, 5.41) is 0. The molecule has 0 amide bonds. The van der Waals surface area contributed by atoms with Crippen LogP contribution in [0.1, 0.15) is 55.5 Å². The third-order valence-corrected chi connectivity index (χ3v) is 3.45. The lowest BCUT2D eigenvalue weighted by Crippen LogP contribution is -2.12. The Balaban J connectivity index is 2.00. The van der Waals surface area contributed by atoms with E-state index in [2.05, 4.69) is 13.8 Å². The van der Waals surface area contributed by atoms with Crippen LogP contribution in [0.3, 0.4) is 0 Å². The van der Waals surface area contributed by atoms with Crippen LogP contribution in [0.25, 0.3) is 0 Å². The molecule has 0 aliphatic heterocycles. The Morgan fingerprint density at radius 3 is 2.89 bits per heavy atom. The molecule has 18 heavy (non-hydrogen) atoms. The summed E-state index contributed by atoms with van der Waals surface area (Å²) in [5.41, 5.74) is 2.00. The van der Waals surface area contributed by atoms with Crippen molar-refractivity contribution < 1.29 is 9.53 Å². The number of Topliss-reactive ketones (excluding diaryl/α,β-unsaturated/α-hetero) is 1. The minimum absolute atomic E-state index is 0.267. The SMILES string of the molecule is CC(C)CCCOc1cccc2c1CCCC2=O. The zero-order chi connectivity index (χ0) is 13.0. The second-order valence-corrected chi connectivity index (χ2v) is 5.44. The van der Waals surface area contributed by atoms with Gasteiger partial charge in [0.25, 0.3) is 0 Å². The number of rotatable bonds is 5. The van der Waals surface area contributed by atoms with E-state index >= 15 is 0 Å². The fraction of sp³-hybridized carbons (Fsp3) is 0.562. The van der Waals surface area contributed by atoms with Crippen LogP contribution in [0.4, 0.5) is 0 Å². The summed E-state index contributed by atoms with van der Waals surface area (Å²) in [6.07, 6.45) is 4.88. The van der Waals surface area contributed by atoms with Crippen LogP contribution >= 0.6 is 0 Å². The molecule has 2 nitrogen and oxygen atoms in total. The molecule has 0 N–H and O–H groups in total. The molecule has 1 aliphatic rings. The maximum absolute atomic E-state index is 11.8. The van der Waals surface area contributed by atoms with Crippen molar-refractivity contribution in [1.82, 2.24) is 0 Å². The molecule has 1 aliphatic carbocycles. The van der Waals surface area contributed by atoms with Gasteiger partial charge in [0, 0.05) is 17.5 Å². The van der Waals surface area contributed by atoms with Gasteiger partial charge in [-0.05, 0) is 37.7 Å². The standard InChI is InChI=1S/C16H22O2/c1-12(2)6-5-11-18-16-10-4-7-13-14(16)8-3-9-15(13)17/h4,7,10,12H,3,5-6,8-9,11H2,1-2H3. The first-order valence-corrected chi connectivity index (χ1v) is 6.96. The second-order valence-electron chi connectivity index (χ2n) is 5.44. The van der Waals surface area contributed by atoms with Crippen molar-refractivity contribution in [2.75, 3.05) is 6.61 Å². The van der Waals surface area contributed by atoms with E-state index in [-0.39, 0.29) is 5.78 Å². The van der Waals surface area contributed by atoms with Gasteiger partial charge in [-0.1, -0.05) is 26.0 Å². The van der Waals surface area contributed by atoms with Gasteiger partial charge in [0.05, 0.1) is 6.61 Å². The zero-order valence-electron chi connectivity index (χ0n) is 11.4. The summed E-state index contributed by atoms with van der Waals surface area (Å²) in [6, 6.07) is 5.85. The van der Waals surface area contributed by atoms with Crippen molar-refractivity contribution in [3.8, 4) is 5.75 Å². The Morgan fingerprint density at radius 2 is 2.11 bits per heavy atom. The third kappa shape index (κ3) is 3.12. The van der Waals surface area contributed by atoms with E-state index in [0.29, 0.717) is 6.42 Å². The van der Waals surface area contributed by atoms with Crippen molar-refractivity contribution in [1.29, 1.82) is 0 Å². The zero-order valence-corrected chi connectivity index (χ0v) is 11.4. The molecule has 0 unspecified atom stereocenters. The molecule has 0 saturated heterocycles. The average Bonchev–Trinajstić information content (AvgIpc) is 2.35. The van der Waals surface area contributed by atoms with E-state index in [4.69, 9.17) is 4.74 Å². The number of hydrogen-bond donors (Lipinski definition) is 0. The number of benzene rings is 1. The topological polar surface area (TPSA) is 26.3 Å². The van der Waals surface area contributed by atoms with Crippen LogP contribution in [0.2, 0.25) is 0 Å². The highest BCUT2D eigenvalue weighted by molar-refractivity contribution is 5.99. The lowest BCUT2D eigenvalue weighted by Gasteiger charge is -2.18. The highest BCUT2D eigenvalue weighted by atomic mass is 16.5. The molecule has 0 atom stereocenters. The summed E-state index contributed by atoms with van der Waals surface area (Å²) in [7, 11) is 0. The maximum Gasteiger partial charge on any atom is 0.163 e. The number of hydrogen-bond acceptors (Lipinski definition) is 2. The van der Waals surface area contributed by atoms with E-state index in [9.17, 15) is 4.79 Å². The molecule has 0 heterocycles. The van der Waals surface area contributed by atoms with Crippen LogP contribution < -0.4 is 4.74 Å². The average molecular weight is 246 g/mol. The van der Waals surface area contributed by atoms with Crippen molar-refractivity contribution in [3.05, 3.63) is 29.3 Å². The molecule has 1 aromatic carbocycles. The first-order chi connectivity index (χ1) is 8.68. The Labute approximate surface area is 109 Å². The first-order valence-electron chi connectivity index (χ1n) is 6.96. The quantitative estimate of drug-likeness (QED) is 0.733. The van der Waals surface area contributed by atoms with E-state index < -0.39 is 0 Å². The van der Waals surface area contributed by atoms with Crippen LogP contribution in [0, 0.1) is 5.92 Å². The molecule has 0 fully saturated rings. The second kappa shape index (κ2) is 6.03. The predicted molar refractivity (Wildman–Crippen MR) is 73.3 cm³/mol. The molecular formula is C16H22O2. The fourth-order valence-electron chi connectivity index (χ4n) is 2.45. The van der Waals surface area contributed by atoms with Gasteiger partial charge in [-0.25, -0.2) is 0 Å². The van der Waals surface area contributed by atoms with Crippen LogP contribution in [-0.4, -0.2) is 12.4 Å². The third-order valence-electron chi connectivity index (χ3n) is 3.45. The van der Waals surface area contributed by atoms with Crippen molar-refractivity contribution >= 4 is 5.78 Å². The molecule has 0 saturated carbocycles. The molecule has 0 spiro atoms. The molecule has 0 aromatic heterocycles. The summed E-state index contributed by atoms with van der Waals surface area (Å²) >= 11 is 0. The fourth-order valence-corrected chi connectivity index (χ4v) is 2.45. The van der Waals surface area contributed by atoms with Gasteiger partial charge >= 0.3 is 0 Å². The normalized spacial score (nSPS) is 14.7. The van der Waals surface area contributed by atoms with Gasteiger partial charge in [-0.3, -0.25) is 4.79 Å². The number of carbonyl (C=O) groups is 1. The van der Waals surface area contributed by atoms with Gasteiger partial charge < -0.3 is 4.74 Å². The van der Waals surface area contributed by atoms with Gasteiger partial charge in [-0.15, -0.1) is 0 Å².